The summed E-state index contributed by atoms with van der Waals surface area (Å²) in [5, 5.41) is 0. The Labute approximate surface area is 103 Å². The van der Waals surface area contributed by atoms with Crippen molar-refractivity contribution in [1.82, 2.24) is 4.98 Å². The first-order valence-corrected chi connectivity index (χ1v) is 6.44. The molecule has 4 bridgehead atoms. The second-order valence-corrected chi connectivity index (χ2v) is 4.74. The summed E-state index contributed by atoms with van der Waals surface area (Å²) in [5.41, 5.74) is 6.79. The fourth-order valence-electron chi connectivity index (χ4n) is 2.63. The second kappa shape index (κ2) is 4.33. The molecular formula is C16H17N. The number of hydrogen-bond donors (Lipinski definition) is 0. The van der Waals surface area contributed by atoms with Crippen molar-refractivity contribution >= 4 is 0 Å². The lowest BCUT2D eigenvalue weighted by molar-refractivity contribution is 0.813. The molecule has 1 heterocycles. The van der Waals surface area contributed by atoms with Gasteiger partial charge in [-0.15, -0.1) is 0 Å². The first-order chi connectivity index (χ1) is 8.36. The molecule has 0 saturated carbocycles. The highest BCUT2D eigenvalue weighted by atomic mass is 14.7. The van der Waals surface area contributed by atoms with Crippen molar-refractivity contribution in [1.29, 1.82) is 0 Å². The van der Waals surface area contributed by atoms with E-state index in [-0.39, 0.29) is 0 Å². The number of fused-ring (bicyclic) bond motifs is 5. The Hall–Kier alpha value is -1.63. The average Bonchev–Trinajstić information content (AvgIpc) is 2.42. The zero-order valence-corrected chi connectivity index (χ0v) is 10.2. The van der Waals surface area contributed by atoms with Crippen molar-refractivity contribution in [2.75, 3.05) is 0 Å². The molecule has 1 aliphatic carbocycles. The molecule has 1 aromatic carbocycles. The van der Waals surface area contributed by atoms with Crippen molar-refractivity contribution in [3.8, 4) is 11.3 Å². The van der Waals surface area contributed by atoms with Crippen LogP contribution in [0.15, 0.2) is 36.5 Å². The van der Waals surface area contributed by atoms with Gasteiger partial charge in [0.25, 0.3) is 0 Å². The highest BCUT2D eigenvalue weighted by Crippen LogP contribution is 2.25. The van der Waals surface area contributed by atoms with E-state index in [0.717, 1.165) is 18.5 Å². The van der Waals surface area contributed by atoms with Gasteiger partial charge in [-0.05, 0) is 60.6 Å². The van der Waals surface area contributed by atoms with E-state index in [1.54, 1.807) is 0 Å². The van der Waals surface area contributed by atoms with Crippen LogP contribution >= 0.6 is 0 Å². The van der Waals surface area contributed by atoms with E-state index in [2.05, 4.69) is 42.2 Å². The molecule has 17 heavy (non-hydrogen) atoms. The highest BCUT2D eigenvalue weighted by molar-refractivity contribution is 5.62. The Morgan fingerprint density at radius 1 is 1.12 bits per heavy atom. The van der Waals surface area contributed by atoms with E-state index < -0.39 is 0 Å². The van der Waals surface area contributed by atoms with E-state index in [0.29, 0.717) is 0 Å². The van der Waals surface area contributed by atoms with Crippen molar-refractivity contribution in [3.05, 3.63) is 53.2 Å². The van der Waals surface area contributed by atoms with Crippen LogP contribution < -0.4 is 0 Å². The Balaban J connectivity index is 2.17. The minimum atomic E-state index is 1.12. The normalized spacial score (nSPS) is 13.7. The second-order valence-electron chi connectivity index (χ2n) is 4.74. The third-order valence-electron chi connectivity index (χ3n) is 3.62. The fourth-order valence-corrected chi connectivity index (χ4v) is 2.63. The third-order valence-corrected chi connectivity index (χ3v) is 3.62. The lowest BCUT2D eigenvalue weighted by Gasteiger charge is -2.08. The van der Waals surface area contributed by atoms with E-state index >= 15 is 0 Å². The lowest BCUT2D eigenvalue weighted by Crippen LogP contribution is -1.94. The van der Waals surface area contributed by atoms with Gasteiger partial charge in [-0.25, -0.2) is 0 Å². The van der Waals surface area contributed by atoms with Crippen molar-refractivity contribution in [2.24, 2.45) is 0 Å². The molecule has 0 amide bonds. The molecule has 1 aromatic heterocycles. The van der Waals surface area contributed by atoms with Crippen molar-refractivity contribution < 1.29 is 0 Å². The number of aromatic nitrogens is 1. The van der Waals surface area contributed by atoms with Crippen LogP contribution in [-0.2, 0) is 19.3 Å². The van der Waals surface area contributed by atoms with Gasteiger partial charge in [0, 0.05) is 11.8 Å². The molecule has 3 rings (SSSR count). The maximum absolute atomic E-state index is 4.48. The van der Waals surface area contributed by atoms with Crippen LogP contribution in [0.4, 0.5) is 0 Å². The summed E-state index contributed by atoms with van der Waals surface area (Å²) in [6, 6.07) is 11.2. The van der Waals surface area contributed by atoms with Crippen LogP contribution in [0.1, 0.15) is 30.0 Å². The third kappa shape index (κ3) is 1.97. The molecule has 0 unspecified atom stereocenters. The molecule has 0 radical (unpaired) electrons. The smallest absolute Gasteiger partial charge is 0.0704 e. The summed E-state index contributed by atoms with van der Waals surface area (Å²) in [5.74, 6) is 0. The van der Waals surface area contributed by atoms with Crippen LogP contribution in [0.5, 0.6) is 0 Å². The molecule has 0 fully saturated rings. The largest absolute Gasteiger partial charge is 0.256 e. The molecule has 1 aliphatic rings. The zero-order chi connectivity index (χ0) is 11.7. The molecule has 0 spiro atoms. The first-order valence-electron chi connectivity index (χ1n) is 6.44. The summed E-state index contributed by atoms with van der Waals surface area (Å²) >= 11 is 0. The first kappa shape index (κ1) is 10.5. The quantitative estimate of drug-likeness (QED) is 0.716. The summed E-state index contributed by atoms with van der Waals surface area (Å²) in [4.78, 5) is 4.48. The van der Waals surface area contributed by atoms with Crippen LogP contribution in [-0.4, -0.2) is 4.98 Å². The molecule has 86 valence electrons. The molecule has 1 heteroatoms. The number of pyridine rings is 1. The number of nitrogens with zero attached hydrogens (tertiary/aromatic N) is 1. The topological polar surface area (TPSA) is 12.9 Å². The van der Waals surface area contributed by atoms with Gasteiger partial charge >= 0.3 is 0 Å². The van der Waals surface area contributed by atoms with Crippen molar-refractivity contribution in [2.45, 2.75) is 32.6 Å². The zero-order valence-electron chi connectivity index (χ0n) is 10.2. The molecule has 0 atom stereocenters. The summed E-state index contributed by atoms with van der Waals surface area (Å²) in [7, 11) is 0. The SMILES string of the molecule is CCc1ccc2cc1CCCc1ccnc-2c1. The average molecular weight is 223 g/mol. The molecule has 0 aliphatic heterocycles. The van der Waals surface area contributed by atoms with Gasteiger partial charge in [0.2, 0.25) is 0 Å². The number of rotatable bonds is 1. The van der Waals surface area contributed by atoms with Gasteiger partial charge in [0.15, 0.2) is 0 Å². The highest BCUT2D eigenvalue weighted by Gasteiger charge is 2.09. The van der Waals surface area contributed by atoms with Gasteiger partial charge < -0.3 is 0 Å². The lowest BCUT2D eigenvalue weighted by atomic mass is 9.97. The van der Waals surface area contributed by atoms with E-state index in [1.165, 1.54) is 35.1 Å². The Bertz CT molecular complexity index is 543. The van der Waals surface area contributed by atoms with Crippen LogP contribution in [0.2, 0.25) is 0 Å². The minimum absolute atomic E-state index is 1.12. The number of benzene rings is 1. The van der Waals surface area contributed by atoms with Gasteiger partial charge in [-0.2, -0.15) is 0 Å². The molecule has 2 aromatic rings. The summed E-state index contributed by atoms with van der Waals surface area (Å²) in [6.07, 6.45) is 6.65. The van der Waals surface area contributed by atoms with Crippen LogP contribution in [0.25, 0.3) is 11.3 Å². The minimum Gasteiger partial charge on any atom is -0.256 e. The summed E-state index contributed by atoms with van der Waals surface area (Å²) < 4.78 is 0. The van der Waals surface area contributed by atoms with Gasteiger partial charge in [-0.1, -0.05) is 19.1 Å². The predicted octanol–water partition coefficient (Wildman–Crippen LogP) is 3.80. The van der Waals surface area contributed by atoms with Crippen LogP contribution in [0, 0.1) is 0 Å². The molecule has 0 saturated heterocycles. The van der Waals surface area contributed by atoms with Gasteiger partial charge in [0.1, 0.15) is 0 Å². The fraction of sp³-hybridized carbons (Fsp3) is 0.312. The van der Waals surface area contributed by atoms with E-state index in [4.69, 9.17) is 0 Å². The monoisotopic (exact) mass is 223 g/mol. The van der Waals surface area contributed by atoms with Crippen LogP contribution in [0.3, 0.4) is 0 Å². The Morgan fingerprint density at radius 2 is 2.06 bits per heavy atom. The van der Waals surface area contributed by atoms with Crippen molar-refractivity contribution in [3.63, 3.8) is 0 Å². The standard InChI is InChI=1S/C16H17N/c1-2-13-6-7-15-11-14(13)5-3-4-12-8-9-17-16(15)10-12/h6-11H,2-5H2,1H3. The predicted molar refractivity (Wildman–Crippen MR) is 71.1 cm³/mol. The Morgan fingerprint density at radius 3 is 2.94 bits per heavy atom. The number of hydrogen-bond acceptors (Lipinski definition) is 1. The maximum Gasteiger partial charge on any atom is 0.0704 e. The van der Waals surface area contributed by atoms with Gasteiger partial charge in [-0.3, -0.25) is 4.98 Å². The maximum atomic E-state index is 4.48. The van der Waals surface area contributed by atoms with Gasteiger partial charge in [0.05, 0.1) is 5.69 Å². The van der Waals surface area contributed by atoms with E-state index in [9.17, 15) is 0 Å². The molecule has 1 nitrogen and oxygen atoms in total. The van der Waals surface area contributed by atoms with E-state index in [1.807, 2.05) is 6.20 Å². The molecular weight excluding hydrogens is 206 g/mol. The number of aryl methyl sites for hydroxylation is 3. The Kier molecular flexibility index (Phi) is 2.68. The summed E-state index contributed by atoms with van der Waals surface area (Å²) in [6.45, 7) is 2.23. The molecule has 0 N–H and O–H groups in total.